The van der Waals surface area contributed by atoms with Crippen LogP contribution in [-0.4, -0.2) is 36.7 Å². The first kappa shape index (κ1) is 17.9. The van der Waals surface area contributed by atoms with Gasteiger partial charge in [-0.25, -0.2) is 4.79 Å². The molecule has 2 N–H and O–H groups in total. The van der Waals surface area contributed by atoms with Gasteiger partial charge < -0.3 is 24.4 Å². The second-order valence-electron chi connectivity index (χ2n) is 4.86. The number of carboxylic acids is 1. The summed E-state index contributed by atoms with van der Waals surface area (Å²) in [6.07, 6.45) is 1.53. The number of phenols is 1. The number of rotatable bonds is 7. The summed E-state index contributed by atoms with van der Waals surface area (Å²) >= 11 is 0. The average molecular weight is 344 g/mol. The molecule has 0 saturated carbocycles. The maximum Gasteiger partial charge on any atom is 0.332 e. The van der Waals surface area contributed by atoms with E-state index < -0.39 is 5.97 Å². The number of ether oxygens (including phenoxy) is 3. The van der Waals surface area contributed by atoms with Crippen molar-refractivity contribution < 1.29 is 34.0 Å². The average Bonchev–Trinajstić information content (AvgIpc) is 2.61. The van der Waals surface area contributed by atoms with Crippen molar-refractivity contribution in [1.82, 2.24) is 0 Å². The van der Waals surface area contributed by atoms with E-state index in [4.69, 9.17) is 19.3 Å². The summed E-state index contributed by atoms with van der Waals surface area (Å²) in [5.41, 5.74) is 0.762. The van der Waals surface area contributed by atoms with Gasteiger partial charge in [-0.3, -0.25) is 4.79 Å². The first-order valence-corrected chi connectivity index (χ1v) is 7.11. The number of phenolic OH excluding ortho intramolecular Hbond substituents is 1. The number of benzene rings is 2. The first-order chi connectivity index (χ1) is 12.0. The second kappa shape index (κ2) is 7.87. The minimum absolute atomic E-state index is 0.00273. The van der Waals surface area contributed by atoms with Crippen LogP contribution in [0, 0.1) is 0 Å². The van der Waals surface area contributed by atoms with Gasteiger partial charge in [-0.05, 0) is 36.4 Å². The van der Waals surface area contributed by atoms with Crippen LogP contribution in [0.25, 0.3) is 5.76 Å². The first-order valence-electron chi connectivity index (χ1n) is 7.11. The molecule has 25 heavy (non-hydrogen) atoms. The minimum atomic E-state index is -1.22. The Hall–Kier alpha value is -3.48. The quantitative estimate of drug-likeness (QED) is 0.452. The Kier molecular flexibility index (Phi) is 5.62. The predicted octanol–water partition coefficient (Wildman–Crippen LogP) is 2.73. The lowest BCUT2D eigenvalue weighted by atomic mass is 10.1. The molecule has 0 atom stereocenters. The van der Waals surface area contributed by atoms with E-state index in [-0.39, 0.29) is 28.8 Å². The fourth-order valence-corrected chi connectivity index (χ4v) is 2.08. The van der Waals surface area contributed by atoms with E-state index in [1.165, 1.54) is 50.6 Å². The Morgan fingerprint density at radius 1 is 1.00 bits per heavy atom. The molecule has 0 aliphatic carbocycles. The Morgan fingerprint density at radius 2 is 1.72 bits per heavy atom. The second-order valence-corrected chi connectivity index (χ2v) is 4.86. The topological polar surface area (TPSA) is 102 Å². The predicted molar refractivity (Wildman–Crippen MR) is 89.3 cm³/mol. The van der Waals surface area contributed by atoms with Crippen molar-refractivity contribution in [2.75, 3.05) is 14.2 Å². The van der Waals surface area contributed by atoms with E-state index in [2.05, 4.69) is 0 Å². The molecule has 0 aromatic heterocycles. The molecule has 7 heteroatoms. The van der Waals surface area contributed by atoms with Crippen LogP contribution in [0.5, 0.6) is 23.0 Å². The van der Waals surface area contributed by atoms with Crippen LogP contribution in [-0.2, 0) is 4.79 Å². The molecular weight excluding hydrogens is 328 g/mol. The lowest BCUT2D eigenvalue weighted by Crippen LogP contribution is -2.02. The van der Waals surface area contributed by atoms with Crippen LogP contribution in [0.15, 0.2) is 42.5 Å². The van der Waals surface area contributed by atoms with Gasteiger partial charge in [0.2, 0.25) is 0 Å². The SMILES string of the molecule is COc1cc(/C(=C/C(=O)O)Oc2ccc(C=O)cc2OC)ccc1O. The molecule has 2 rings (SSSR count). The van der Waals surface area contributed by atoms with Crippen molar-refractivity contribution in [3.63, 3.8) is 0 Å². The van der Waals surface area contributed by atoms with E-state index >= 15 is 0 Å². The number of hydrogen-bond acceptors (Lipinski definition) is 6. The van der Waals surface area contributed by atoms with E-state index in [0.29, 0.717) is 17.4 Å². The molecule has 0 bridgehead atoms. The summed E-state index contributed by atoms with van der Waals surface area (Å²) in [4.78, 5) is 22.0. The number of hydrogen-bond donors (Lipinski definition) is 2. The maximum absolute atomic E-state index is 11.1. The molecule has 0 heterocycles. The highest BCUT2D eigenvalue weighted by Crippen LogP contribution is 2.34. The summed E-state index contributed by atoms with van der Waals surface area (Å²) in [6.45, 7) is 0. The Morgan fingerprint density at radius 3 is 2.32 bits per heavy atom. The normalized spacial score (nSPS) is 10.9. The molecule has 0 spiro atoms. The zero-order valence-corrected chi connectivity index (χ0v) is 13.6. The van der Waals surface area contributed by atoms with Gasteiger partial charge in [-0.1, -0.05) is 0 Å². The van der Waals surface area contributed by atoms with Gasteiger partial charge in [0.05, 0.1) is 20.3 Å². The third-order valence-electron chi connectivity index (χ3n) is 3.26. The zero-order valence-electron chi connectivity index (χ0n) is 13.6. The number of methoxy groups -OCH3 is 2. The highest BCUT2D eigenvalue weighted by atomic mass is 16.5. The smallest absolute Gasteiger partial charge is 0.332 e. The van der Waals surface area contributed by atoms with Crippen molar-refractivity contribution in [3.05, 3.63) is 53.6 Å². The molecule has 7 nitrogen and oxygen atoms in total. The number of aliphatic carboxylic acids is 1. The Labute approximate surface area is 143 Å². The van der Waals surface area contributed by atoms with Gasteiger partial charge in [0.1, 0.15) is 12.0 Å². The summed E-state index contributed by atoms with van der Waals surface area (Å²) in [5, 5.41) is 18.8. The summed E-state index contributed by atoms with van der Waals surface area (Å²) in [6, 6.07) is 8.77. The van der Waals surface area contributed by atoms with E-state index in [1.54, 1.807) is 0 Å². The van der Waals surface area contributed by atoms with Crippen LogP contribution in [0.3, 0.4) is 0 Å². The molecule has 0 amide bonds. The van der Waals surface area contributed by atoms with E-state index in [1.807, 2.05) is 0 Å². The number of carbonyl (C=O) groups is 2. The number of carbonyl (C=O) groups excluding carboxylic acids is 1. The van der Waals surface area contributed by atoms with Gasteiger partial charge >= 0.3 is 5.97 Å². The van der Waals surface area contributed by atoms with Crippen molar-refractivity contribution in [3.8, 4) is 23.0 Å². The van der Waals surface area contributed by atoms with Crippen molar-refractivity contribution in [2.24, 2.45) is 0 Å². The summed E-state index contributed by atoms with van der Waals surface area (Å²) in [7, 11) is 2.78. The third kappa shape index (κ3) is 4.29. The van der Waals surface area contributed by atoms with E-state index in [0.717, 1.165) is 6.08 Å². The summed E-state index contributed by atoms with van der Waals surface area (Å²) in [5.74, 6) is -0.637. The molecule has 0 aliphatic rings. The maximum atomic E-state index is 11.1. The molecule has 2 aromatic rings. The van der Waals surface area contributed by atoms with Gasteiger partial charge in [0.15, 0.2) is 23.0 Å². The van der Waals surface area contributed by atoms with Crippen LogP contribution in [0.4, 0.5) is 0 Å². The van der Waals surface area contributed by atoms with Gasteiger partial charge in [0, 0.05) is 11.1 Å². The molecule has 2 aromatic carbocycles. The minimum Gasteiger partial charge on any atom is -0.504 e. The van der Waals surface area contributed by atoms with Crippen LogP contribution in [0.2, 0.25) is 0 Å². The van der Waals surface area contributed by atoms with Crippen LogP contribution in [0.1, 0.15) is 15.9 Å². The number of carboxylic acid groups (broad SMARTS) is 1. The van der Waals surface area contributed by atoms with Gasteiger partial charge in [-0.2, -0.15) is 0 Å². The number of aldehydes is 1. The molecule has 0 unspecified atom stereocenters. The highest BCUT2D eigenvalue weighted by molar-refractivity contribution is 5.89. The Bertz CT molecular complexity index is 824. The van der Waals surface area contributed by atoms with Crippen LogP contribution >= 0.6 is 0 Å². The van der Waals surface area contributed by atoms with Gasteiger partial charge in [0.25, 0.3) is 0 Å². The third-order valence-corrected chi connectivity index (χ3v) is 3.26. The summed E-state index contributed by atoms with van der Waals surface area (Å²) < 4.78 is 15.9. The molecule has 0 radical (unpaired) electrons. The van der Waals surface area contributed by atoms with Crippen molar-refractivity contribution in [1.29, 1.82) is 0 Å². The molecule has 0 aliphatic heterocycles. The largest absolute Gasteiger partial charge is 0.504 e. The highest BCUT2D eigenvalue weighted by Gasteiger charge is 2.14. The zero-order chi connectivity index (χ0) is 18.4. The Balaban J connectivity index is 2.47. The number of aromatic hydroxyl groups is 1. The van der Waals surface area contributed by atoms with Gasteiger partial charge in [-0.15, -0.1) is 0 Å². The van der Waals surface area contributed by atoms with Crippen molar-refractivity contribution in [2.45, 2.75) is 0 Å². The molecule has 0 saturated heterocycles. The molecule has 0 fully saturated rings. The fourth-order valence-electron chi connectivity index (χ4n) is 2.08. The van der Waals surface area contributed by atoms with Crippen molar-refractivity contribution >= 4 is 18.0 Å². The standard InChI is InChI=1S/C18H16O7/c1-23-16-8-12(4-5-13(16)20)15(9-18(21)22)25-14-6-3-11(10-19)7-17(14)24-2/h3-10,20H,1-2H3,(H,21,22)/b15-9-. The molecule has 130 valence electrons. The lowest BCUT2D eigenvalue weighted by molar-refractivity contribution is -0.131. The fraction of sp³-hybridized carbons (Fsp3) is 0.111. The monoisotopic (exact) mass is 344 g/mol. The molecular formula is C18H16O7. The van der Waals surface area contributed by atoms with Crippen LogP contribution < -0.4 is 14.2 Å². The van der Waals surface area contributed by atoms with E-state index in [9.17, 15) is 14.7 Å². The lowest BCUT2D eigenvalue weighted by Gasteiger charge is -2.14.